The van der Waals surface area contributed by atoms with Crippen LogP contribution in [-0.4, -0.2) is 16.1 Å². The van der Waals surface area contributed by atoms with Crippen LogP contribution in [0.3, 0.4) is 0 Å². The van der Waals surface area contributed by atoms with E-state index < -0.39 is 0 Å². The van der Waals surface area contributed by atoms with Crippen LogP contribution in [0.5, 0.6) is 0 Å². The number of imidazole rings is 1. The number of nitrogens with one attached hydrogen (secondary N) is 1. The number of aromatic nitrogens is 2. The van der Waals surface area contributed by atoms with Gasteiger partial charge in [0, 0.05) is 13.1 Å². The Morgan fingerprint density at radius 3 is 3.25 bits per heavy atom. The molecule has 1 unspecified atom stereocenters. The predicted octanol–water partition coefficient (Wildman–Crippen LogP) is 1.88. The lowest BCUT2D eigenvalue weighted by Crippen LogP contribution is -2.33. The number of aryl methyl sites for hydroxylation is 1. The maximum Gasteiger partial charge on any atom is 0.0949 e. The maximum atomic E-state index is 4.22. The average Bonchev–Trinajstić information content (AvgIpc) is 2.76. The molecule has 1 N–H and O–H groups in total. The molecule has 1 aromatic carbocycles. The van der Waals surface area contributed by atoms with Gasteiger partial charge in [-0.3, -0.25) is 0 Å². The molecule has 2 aromatic rings. The van der Waals surface area contributed by atoms with Crippen molar-refractivity contribution >= 4 is 0 Å². The first kappa shape index (κ1) is 9.60. The number of benzene rings is 1. The standard InChI is InChI=1S/C13H15N3/c1-10-3-2-4-11(7-10)13-12-8-14-9-16(12)6-5-15-13/h2-4,7-9,13,15H,5-6H2,1H3. The number of hydrogen-bond acceptors (Lipinski definition) is 2. The third-order valence-electron chi connectivity index (χ3n) is 3.12. The quantitative estimate of drug-likeness (QED) is 0.784. The molecular formula is C13H15N3. The van der Waals surface area contributed by atoms with Gasteiger partial charge in [0.2, 0.25) is 0 Å². The van der Waals surface area contributed by atoms with E-state index in [1.807, 2.05) is 12.5 Å². The third-order valence-corrected chi connectivity index (χ3v) is 3.12. The SMILES string of the molecule is Cc1cccc(C2NCCn3cncc32)c1. The number of fused-ring (bicyclic) bond motifs is 1. The van der Waals surface area contributed by atoms with Gasteiger partial charge in [-0.05, 0) is 12.5 Å². The molecule has 0 bridgehead atoms. The van der Waals surface area contributed by atoms with Gasteiger partial charge in [-0.25, -0.2) is 4.98 Å². The second kappa shape index (κ2) is 3.76. The van der Waals surface area contributed by atoms with Crippen molar-refractivity contribution in [1.29, 1.82) is 0 Å². The van der Waals surface area contributed by atoms with Gasteiger partial charge in [-0.15, -0.1) is 0 Å². The van der Waals surface area contributed by atoms with Crippen LogP contribution < -0.4 is 5.32 Å². The normalized spacial score (nSPS) is 19.4. The van der Waals surface area contributed by atoms with E-state index in [1.165, 1.54) is 16.8 Å². The lowest BCUT2D eigenvalue weighted by Gasteiger charge is -2.26. The van der Waals surface area contributed by atoms with E-state index in [0.717, 1.165) is 13.1 Å². The summed E-state index contributed by atoms with van der Waals surface area (Å²) in [7, 11) is 0. The molecular weight excluding hydrogens is 198 g/mol. The zero-order valence-electron chi connectivity index (χ0n) is 9.35. The largest absolute Gasteiger partial charge is 0.332 e. The van der Waals surface area contributed by atoms with E-state index >= 15 is 0 Å². The zero-order chi connectivity index (χ0) is 11.0. The van der Waals surface area contributed by atoms with Gasteiger partial charge in [0.15, 0.2) is 0 Å². The Balaban J connectivity index is 2.04. The molecule has 0 saturated heterocycles. The number of rotatable bonds is 1. The molecule has 3 rings (SSSR count). The topological polar surface area (TPSA) is 29.9 Å². The van der Waals surface area contributed by atoms with Crippen LogP contribution in [0.2, 0.25) is 0 Å². The molecule has 16 heavy (non-hydrogen) atoms. The molecule has 3 nitrogen and oxygen atoms in total. The van der Waals surface area contributed by atoms with Crippen molar-refractivity contribution in [3.8, 4) is 0 Å². The van der Waals surface area contributed by atoms with Crippen molar-refractivity contribution in [3.63, 3.8) is 0 Å². The first-order valence-electron chi connectivity index (χ1n) is 5.64. The van der Waals surface area contributed by atoms with Crippen molar-refractivity contribution < 1.29 is 0 Å². The summed E-state index contributed by atoms with van der Waals surface area (Å²) in [6.45, 7) is 4.14. The first-order valence-corrected chi connectivity index (χ1v) is 5.64. The van der Waals surface area contributed by atoms with E-state index in [-0.39, 0.29) is 6.04 Å². The molecule has 2 heterocycles. The molecule has 0 fully saturated rings. The summed E-state index contributed by atoms with van der Waals surface area (Å²) in [5.41, 5.74) is 3.88. The highest BCUT2D eigenvalue weighted by molar-refractivity contribution is 5.31. The predicted molar refractivity (Wildman–Crippen MR) is 63.3 cm³/mol. The third kappa shape index (κ3) is 1.53. The Kier molecular flexibility index (Phi) is 2.26. The molecule has 1 aliphatic heterocycles. The minimum absolute atomic E-state index is 0.288. The lowest BCUT2D eigenvalue weighted by molar-refractivity contribution is 0.467. The van der Waals surface area contributed by atoms with Crippen molar-refractivity contribution in [2.45, 2.75) is 19.5 Å². The van der Waals surface area contributed by atoms with Crippen LogP contribution in [0.15, 0.2) is 36.8 Å². The van der Waals surface area contributed by atoms with Crippen LogP contribution in [0.1, 0.15) is 22.9 Å². The maximum absolute atomic E-state index is 4.22. The number of nitrogens with zero attached hydrogens (tertiary/aromatic N) is 2. The van der Waals surface area contributed by atoms with Crippen LogP contribution >= 0.6 is 0 Å². The molecule has 1 aromatic heterocycles. The molecule has 1 aliphatic rings. The molecule has 0 amide bonds. The van der Waals surface area contributed by atoms with Gasteiger partial charge in [0.1, 0.15) is 0 Å². The Bertz CT molecular complexity index is 501. The smallest absolute Gasteiger partial charge is 0.0949 e. The molecule has 1 atom stereocenters. The highest BCUT2D eigenvalue weighted by Gasteiger charge is 2.21. The van der Waals surface area contributed by atoms with Crippen molar-refractivity contribution in [2.24, 2.45) is 0 Å². The molecule has 0 radical (unpaired) electrons. The molecule has 3 heteroatoms. The Morgan fingerprint density at radius 1 is 1.44 bits per heavy atom. The van der Waals surface area contributed by atoms with Gasteiger partial charge in [-0.1, -0.05) is 29.8 Å². The fraction of sp³-hybridized carbons (Fsp3) is 0.308. The Hall–Kier alpha value is -1.61. The highest BCUT2D eigenvalue weighted by atomic mass is 15.1. The van der Waals surface area contributed by atoms with E-state index in [4.69, 9.17) is 0 Å². The van der Waals surface area contributed by atoms with Gasteiger partial charge < -0.3 is 9.88 Å². The minimum atomic E-state index is 0.288. The monoisotopic (exact) mass is 213 g/mol. The van der Waals surface area contributed by atoms with Gasteiger partial charge in [-0.2, -0.15) is 0 Å². The van der Waals surface area contributed by atoms with Crippen molar-refractivity contribution in [3.05, 3.63) is 53.6 Å². The number of hydrogen-bond donors (Lipinski definition) is 1. The van der Waals surface area contributed by atoms with Gasteiger partial charge >= 0.3 is 0 Å². The average molecular weight is 213 g/mol. The fourth-order valence-corrected chi connectivity index (χ4v) is 2.33. The second-order valence-corrected chi connectivity index (χ2v) is 4.31. The molecule has 0 aliphatic carbocycles. The van der Waals surface area contributed by atoms with E-state index in [2.05, 4.69) is 46.1 Å². The van der Waals surface area contributed by atoms with Crippen LogP contribution in [0.25, 0.3) is 0 Å². The molecule has 82 valence electrons. The molecule has 0 saturated carbocycles. The zero-order valence-corrected chi connectivity index (χ0v) is 9.35. The summed E-state index contributed by atoms with van der Waals surface area (Å²) >= 11 is 0. The lowest BCUT2D eigenvalue weighted by atomic mass is 10.0. The van der Waals surface area contributed by atoms with Crippen molar-refractivity contribution in [2.75, 3.05) is 6.54 Å². The summed E-state index contributed by atoms with van der Waals surface area (Å²) < 4.78 is 2.23. The van der Waals surface area contributed by atoms with Gasteiger partial charge in [0.05, 0.1) is 24.3 Å². The summed E-state index contributed by atoms with van der Waals surface area (Å²) in [6, 6.07) is 8.94. The van der Waals surface area contributed by atoms with E-state index in [1.54, 1.807) is 0 Å². The first-order chi connectivity index (χ1) is 7.84. The van der Waals surface area contributed by atoms with Crippen LogP contribution in [0.4, 0.5) is 0 Å². The summed E-state index contributed by atoms with van der Waals surface area (Å²) in [5, 5.41) is 3.54. The van der Waals surface area contributed by atoms with Crippen LogP contribution in [0, 0.1) is 6.92 Å². The Labute approximate surface area is 95.1 Å². The fourth-order valence-electron chi connectivity index (χ4n) is 2.33. The second-order valence-electron chi connectivity index (χ2n) is 4.31. The summed E-state index contributed by atoms with van der Waals surface area (Å²) in [4.78, 5) is 4.22. The highest BCUT2D eigenvalue weighted by Crippen LogP contribution is 2.24. The van der Waals surface area contributed by atoms with Gasteiger partial charge in [0.25, 0.3) is 0 Å². The minimum Gasteiger partial charge on any atom is -0.332 e. The van der Waals surface area contributed by atoms with E-state index in [0.29, 0.717) is 0 Å². The Morgan fingerprint density at radius 2 is 2.38 bits per heavy atom. The summed E-state index contributed by atoms with van der Waals surface area (Å²) in [6.07, 6.45) is 3.87. The van der Waals surface area contributed by atoms with Crippen molar-refractivity contribution in [1.82, 2.24) is 14.9 Å². The van der Waals surface area contributed by atoms with E-state index in [9.17, 15) is 0 Å². The molecule has 0 spiro atoms. The summed E-state index contributed by atoms with van der Waals surface area (Å²) in [5.74, 6) is 0. The van der Waals surface area contributed by atoms with Crippen LogP contribution in [-0.2, 0) is 6.54 Å².